The van der Waals surface area contributed by atoms with E-state index in [9.17, 15) is 19.2 Å². The Morgan fingerprint density at radius 1 is 0.900 bits per heavy atom. The van der Waals surface area contributed by atoms with E-state index in [1.165, 1.54) is 0 Å². The summed E-state index contributed by atoms with van der Waals surface area (Å²) in [5.74, 6) is -0.229. The number of tetrazole rings is 1. The van der Waals surface area contributed by atoms with Crippen LogP contribution in [0.25, 0.3) is 22.5 Å². The molecule has 14 nitrogen and oxygen atoms in total. The number of benzene rings is 3. The number of carbonyl (C=O) groups excluding carboxylic acids is 3. The van der Waals surface area contributed by atoms with Crippen LogP contribution < -0.4 is 16.0 Å². The van der Waals surface area contributed by atoms with Crippen molar-refractivity contribution in [3.8, 4) is 22.5 Å². The molecule has 1 aliphatic heterocycles. The molecule has 14 heteroatoms. The van der Waals surface area contributed by atoms with Gasteiger partial charge < -0.3 is 30.7 Å². The zero-order valence-corrected chi connectivity index (χ0v) is 27.5. The Bertz CT molecular complexity index is 1770. The Balaban J connectivity index is 1.14. The summed E-state index contributed by atoms with van der Waals surface area (Å²) in [6.45, 7) is 2.58. The molecular formula is C36H40N8O6. The van der Waals surface area contributed by atoms with Gasteiger partial charge in [-0.2, -0.15) is 5.21 Å². The average molecular weight is 681 g/mol. The highest BCUT2D eigenvalue weighted by molar-refractivity contribution is 5.98. The first-order valence-corrected chi connectivity index (χ1v) is 16.8. The van der Waals surface area contributed by atoms with E-state index in [0.29, 0.717) is 62.8 Å². The van der Waals surface area contributed by atoms with Gasteiger partial charge in [0.05, 0.1) is 13.2 Å². The first-order valence-electron chi connectivity index (χ1n) is 16.8. The Hall–Kier alpha value is -5.63. The maximum absolute atomic E-state index is 13.7. The molecule has 1 aliphatic carbocycles. The minimum absolute atomic E-state index is 0.0220. The highest BCUT2D eigenvalue weighted by Crippen LogP contribution is 2.29. The fraction of sp³-hybridized carbons (Fsp3) is 0.361. The molecular weight excluding hydrogens is 640 g/mol. The van der Waals surface area contributed by atoms with E-state index < -0.39 is 12.1 Å². The summed E-state index contributed by atoms with van der Waals surface area (Å²) in [5, 5.41) is 31.2. The van der Waals surface area contributed by atoms with Gasteiger partial charge in [-0.1, -0.05) is 36.4 Å². The molecule has 0 spiro atoms. The first-order chi connectivity index (χ1) is 24.3. The van der Waals surface area contributed by atoms with Gasteiger partial charge in [-0.25, -0.2) is 4.79 Å². The minimum Gasteiger partial charge on any atom is -0.465 e. The molecule has 50 heavy (non-hydrogen) atoms. The van der Waals surface area contributed by atoms with Gasteiger partial charge in [-0.05, 0) is 89.9 Å². The van der Waals surface area contributed by atoms with Crippen LogP contribution in [0.1, 0.15) is 41.6 Å². The Morgan fingerprint density at radius 2 is 1.62 bits per heavy atom. The van der Waals surface area contributed by atoms with E-state index in [2.05, 4.69) is 36.6 Å². The lowest BCUT2D eigenvalue weighted by Crippen LogP contribution is -2.48. The number of amides is 4. The molecule has 260 valence electrons. The van der Waals surface area contributed by atoms with Gasteiger partial charge in [0.2, 0.25) is 17.6 Å². The van der Waals surface area contributed by atoms with Crippen molar-refractivity contribution in [3.63, 3.8) is 0 Å². The third-order valence-electron chi connectivity index (χ3n) is 9.28. The smallest absolute Gasteiger partial charge is 0.404 e. The number of carbonyl (C=O) groups is 4. The van der Waals surface area contributed by atoms with Crippen LogP contribution in [0.2, 0.25) is 0 Å². The summed E-state index contributed by atoms with van der Waals surface area (Å²) in [4.78, 5) is 52.9. The van der Waals surface area contributed by atoms with Crippen LogP contribution >= 0.6 is 0 Å². The lowest BCUT2D eigenvalue weighted by Gasteiger charge is -2.29. The van der Waals surface area contributed by atoms with Crippen molar-refractivity contribution >= 4 is 29.5 Å². The monoisotopic (exact) mass is 680 g/mol. The van der Waals surface area contributed by atoms with Crippen molar-refractivity contribution in [2.75, 3.05) is 38.2 Å². The van der Waals surface area contributed by atoms with E-state index in [-0.39, 0.29) is 36.0 Å². The van der Waals surface area contributed by atoms with Crippen molar-refractivity contribution in [2.45, 2.75) is 38.1 Å². The number of hydrogen-bond acceptors (Lipinski definition) is 8. The average Bonchev–Trinajstić information content (AvgIpc) is 3.70. The molecule has 2 heterocycles. The molecule has 6 rings (SSSR count). The van der Waals surface area contributed by atoms with Crippen LogP contribution in [0, 0.1) is 11.8 Å². The molecule has 0 radical (unpaired) electrons. The lowest BCUT2D eigenvalue weighted by atomic mass is 9.81. The Kier molecular flexibility index (Phi) is 11.1. The topological polar surface area (TPSA) is 192 Å². The Labute approximate surface area is 289 Å². The zero-order valence-electron chi connectivity index (χ0n) is 27.5. The number of aromatic amines is 1. The van der Waals surface area contributed by atoms with Crippen molar-refractivity contribution in [2.24, 2.45) is 11.8 Å². The second kappa shape index (κ2) is 16.2. The van der Waals surface area contributed by atoms with Gasteiger partial charge in [0.1, 0.15) is 6.04 Å². The molecule has 4 aromatic rings. The van der Waals surface area contributed by atoms with Gasteiger partial charge in [0.25, 0.3) is 5.91 Å². The summed E-state index contributed by atoms with van der Waals surface area (Å²) in [7, 11) is 0. The standard InChI is InChI=1S/C36H40N8O6/c45-33(27-10-6-24(7-11-27)22-37-36(48)49)39-31(34(46)38-30-14-12-26(13-15-30)32-40-42-43-41-32)20-23-4-8-25(9-5-23)28-2-1-3-29(21-28)35(47)44-16-18-50-19-17-44/h1-5,8-9,12-15,21,24,27,31,37H,6-7,10-11,16-20,22H2,(H,38,46)(H,39,45)(H,48,49)(H,40,41,42,43)/t24?,27?,31-/m0/s1. The fourth-order valence-electron chi connectivity index (χ4n) is 6.43. The van der Waals surface area contributed by atoms with Crippen molar-refractivity contribution in [3.05, 3.63) is 83.9 Å². The first kappa shape index (κ1) is 34.2. The number of hydrogen-bond donors (Lipinski definition) is 5. The normalized spacial score (nSPS) is 18.1. The van der Waals surface area contributed by atoms with Crippen LogP contribution in [0.15, 0.2) is 72.8 Å². The predicted octanol–water partition coefficient (Wildman–Crippen LogP) is 3.75. The molecule has 2 fully saturated rings. The number of aromatic nitrogens is 4. The van der Waals surface area contributed by atoms with Crippen LogP contribution in [0.3, 0.4) is 0 Å². The lowest BCUT2D eigenvalue weighted by molar-refractivity contribution is -0.130. The van der Waals surface area contributed by atoms with E-state index in [4.69, 9.17) is 9.84 Å². The molecule has 2 aliphatic rings. The van der Waals surface area contributed by atoms with Crippen molar-refractivity contribution in [1.29, 1.82) is 0 Å². The van der Waals surface area contributed by atoms with Crippen LogP contribution in [0.4, 0.5) is 10.5 Å². The predicted molar refractivity (Wildman–Crippen MR) is 184 cm³/mol. The molecule has 0 unspecified atom stereocenters. The number of carboxylic acid groups (broad SMARTS) is 1. The molecule has 4 amide bonds. The maximum Gasteiger partial charge on any atom is 0.404 e. The van der Waals surface area contributed by atoms with Gasteiger partial charge in [0, 0.05) is 48.8 Å². The number of rotatable bonds is 11. The second-order valence-electron chi connectivity index (χ2n) is 12.7. The molecule has 1 saturated heterocycles. The van der Waals surface area contributed by atoms with Crippen LogP contribution in [0.5, 0.6) is 0 Å². The summed E-state index contributed by atoms with van der Waals surface area (Å²) < 4.78 is 5.38. The molecule has 1 aromatic heterocycles. The maximum atomic E-state index is 13.7. The number of H-pyrrole nitrogens is 1. The molecule has 3 aromatic carbocycles. The largest absolute Gasteiger partial charge is 0.465 e. The van der Waals surface area contributed by atoms with Gasteiger partial charge in [-0.3, -0.25) is 14.4 Å². The third kappa shape index (κ3) is 8.88. The number of morpholine rings is 1. The van der Waals surface area contributed by atoms with Crippen LogP contribution in [-0.4, -0.2) is 93.3 Å². The summed E-state index contributed by atoms with van der Waals surface area (Å²) in [5.41, 5.74) is 4.57. The van der Waals surface area contributed by atoms with E-state index in [1.54, 1.807) is 29.2 Å². The SMILES string of the molecule is O=C(O)NCC1CCC(C(=O)N[C@@H](Cc2ccc(-c3cccc(C(=O)N4CCOCC4)c3)cc2)C(=O)Nc2ccc(-c3nn[nH]n3)cc2)CC1. The number of nitrogens with one attached hydrogen (secondary N) is 4. The van der Waals surface area contributed by atoms with Crippen LogP contribution in [-0.2, 0) is 20.7 Å². The van der Waals surface area contributed by atoms with Gasteiger partial charge in [-0.15, -0.1) is 10.2 Å². The van der Waals surface area contributed by atoms with Crippen molar-refractivity contribution in [1.82, 2.24) is 36.2 Å². The van der Waals surface area contributed by atoms with E-state index in [0.717, 1.165) is 35.1 Å². The number of ether oxygens (including phenoxy) is 1. The highest BCUT2D eigenvalue weighted by atomic mass is 16.5. The van der Waals surface area contributed by atoms with Gasteiger partial charge >= 0.3 is 6.09 Å². The summed E-state index contributed by atoms with van der Waals surface area (Å²) in [6, 6.07) is 21.5. The quantitative estimate of drug-likeness (QED) is 0.157. The fourth-order valence-corrected chi connectivity index (χ4v) is 6.43. The van der Waals surface area contributed by atoms with E-state index in [1.807, 2.05) is 48.5 Å². The van der Waals surface area contributed by atoms with Crippen molar-refractivity contribution < 1.29 is 29.0 Å². The molecule has 1 saturated carbocycles. The van der Waals surface area contributed by atoms with E-state index >= 15 is 0 Å². The molecule has 0 bridgehead atoms. The zero-order chi connectivity index (χ0) is 34.9. The van der Waals surface area contributed by atoms with Gasteiger partial charge in [0.15, 0.2) is 0 Å². The minimum atomic E-state index is -1.05. The molecule has 5 N–H and O–H groups in total. The summed E-state index contributed by atoms with van der Waals surface area (Å²) >= 11 is 0. The number of anilines is 1. The number of nitrogens with zero attached hydrogens (tertiary/aromatic N) is 4. The Morgan fingerprint density at radius 3 is 2.30 bits per heavy atom. The molecule has 1 atom stereocenters. The third-order valence-corrected chi connectivity index (χ3v) is 9.28. The second-order valence-corrected chi connectivity index (χ2v) is 12.7. The highest BCUT2D eigenvalue weighted by Gasteiger charge is 2.30. The summed E-state index contributed by atoms with van der Waals surface area (Å²) in [6.07, 6.45) is 1.89.